The molecule has 0 aliphatic heterocycles. The van der Waals surface area contributed by atoms with Crippen molar-refractivity contribution in [2.24, 2.45) is 5.73 Å². The number of halogens is 2. The number of anilines is 1. The number of alkyl halides is 1. The average molecular weight is 415 g/mol. The molecule has 0 unspecified atom stereocenters. The third-order valence-electron chi connectivity index (χ3n) is 5.24. The van der Waals surface area contributed by atoms with Gasteiger partial charge in [-0.1, -0.05) is 17.4 Å². The summed E-state index contributed by atoms with van der Waals surface area (Å²) in [6.45, 7) is 2.21. The lowest BCUT2D eigenvalue weighted by atomic mass is 9.65. The van der Waals surface area contributed by atoms with Crippen LogP contribution in [-0.4, -0.2) is 33.8 Å². The lowest BCUT2D eigenvalue weighted by molar-refractivity contribution is 0.0964. The van der Waals surface area contributed by atoms with Crippen molar-refractivity contribution in [3.05, 3.63) is 59.2 Å². The van der Waals surface area contributed by atoms with Gasteiger partial charge in [0.05, 0.1) is 5.69 Å². The number of rotatable bonds is 6. The van der Waals surface area contributed by atoms with Gasteiger partial charge >= 0.3 is 0 Å². The summed E-state index contributed by atoms with van der Waals surface area (Å²) in [4.78, 5) is 15.6. The van der Waals surface area contributed by atoms with Crippen LogP contribution in [0.1, 0.15) is 34.5 Å². The van der Waals surface area contributed by atoms with Gasteiger partial charge in [-0.3, -0.25) is 9.78 Å². The van der Waals surface area contributed by atoms with Crippen LogP contribution in [0.3, 0.4) is 0 Å². The van der Waals surface area contributed by atoms with Crippen LogP contribution in [0.15, 0.2) is 36.5 Å². The summed E-state index contributed by atoms with van der Waals surface area (Å²) in [5.74, 6) is -0.947. The van der Waals surface area contributed by atoms with Crippen molar-refractivity contribution in [1.82, 2.24) is 15.2 Å². The number of hydrogen-bond acceptors (Lipinski definition) is 6. The van der Waals surface area contributed by atoms with Gasteiger partial charge in [0.15, 0.2) is 0 Å². The first-order valence-corrected chi connectivity index (χ1v) is 9.93. The van der Waals surface area contributed by atoms with Crippen LogP contribution in [0.4, 0.5) is 13.9 Å². The summed E-state index contributed by atoms with van der Waals surface area (Å²) in [7, 11) is 0. The Morgan fingerprint density at radius 2 is 2.14 bits per heavy atom. The van der Waals surface area contributed by atoms with Crippen LogP contribution in [0.5, 0.6) is 0 Å². The van der Waals surface area contributed by atoms with Gasteiger partial charge in [-0.2, -0.15) is 0 Å². The largest absolute Gasteiger partial charge is 0.366 e. The molecule has 4 rings (SSSR count). The molecule has 0 bridgehead atoms. The number of pyridine rings is 1. The van der Waals surface area contributed by atoms with Crippen molar-refractivity contribution in [1.29, 1.82) is 0 Å². The second kappa shape index (κ2) is 7.47. The van der Waals surface area contributed by atoms with E-state index in [1.54, 1.807) is 18.2 Å². The summed E-state index contributed by atoms with van der Waals surface area (Å²) in [5, 5.41) is 12.6. The molecule has 1 aromatic carbocycles. The first-order chi connectivity index (χ1) is 13.9. The number of benzene rings is 1. The van der Waals surface area contributed by atoms with Gasteiger partial charge in [0.25, 0.3) is 0 Å². The number of nitrogens with zero attached hydrogens (tertiary/aromatic N) is 3. The fraction of sp³-hybridized carbons (Fsp3) is 0.300. The molecule has 3 aromatic rings. The second-order valence-electron chi connectivity index (χ2n) is 7.28. The zero-order valence-corrected chi connectivity index (χ0v) is 16.5. The lowest BCUT2D eigenvalue weighted by Gasteiger charge is -2.43. The Hall–Kier alpha value is -2.94. The third-order valence-corrected chi connectivity index (χ3v) is 6.16. The van der Waals surface area contributed by atoms with Crippen molar-refractivity contribution in [3.63, 3.8) is 0 Å². The number of amides is 1. The van der Waals surface area contributed by atoms with E-state index in [4.69, 9.17) is 5.73 Å². The summed E-state index contributed by atoms with van der Waals surface area (Å²) in [6, 6.07) is 8.01. The Morgan fingerprint density at radius 3 is 2.83 bits per heavy atom. The maximum atomic E-state index is 14.3. The smallest absolute Gasteiger partial charge is 0.248 e. The zero-order chi connectivity index (χ0) is 20.6. The maximum absolute atomic E-state index is 14.3. The number of aryl methyl sites for hydroxylation is 1. The Balaban J connectivity index is 1.55. The Bertz CT molecular complexity index is 1060. The summed E-state index contributed by atoms with van der Waals surface area (Å²) in [6.07, 6.45) is 0.963. The number of nitrogens with one attached hydrogen (secondary N) is 1. The molecule has 1 fully saturated rings. The van der Waals surface area contributed by atoms with E-state index in [0.717, 1.165) is 11.1 Å². The number of aromatic nitrogens is 3. The van der Waals surface area contributed by atoms with Crippen molar-refractivity contribution < 1.29 is 13.6 Å². The minimum atomic E-state index is -0.970. The second-order valence-corrected chi connectivity index (χ2v) is 8.26. The van der Waals surface area contributed by atoms with E-state index in [0.29, 0.717) is 22.2 Å². The van der Waals surface area contributed by atoms with E-state index >= 15 is 0 Å². The van der Waals surface area contributed by atoms with Crippen LogP contribution in [0, 0.1) is 12.7 Å². The minimum Gasteiger partial charge on any atom is -0.366 e. The van der Waals surface area contributed by atoms with Crippen LogP contribution >= 0.6 is 11.3 Å². The Kier molecular flexibility index (Phi) is 4.99. The fourth-order valence-corrected chi connectivity index (χ4v) is 4.46. The quantitative estimate of drug-likeness (QED) is 0.641. The van der Waals surface area contributed by atoms with E-state index in [1.165, 1.54) is 29.7 Å². The van der Waals surface area contributed by atoms with E-state index in [-0.39, 0.29) is 18.5 Å². The molecule has 2 aromatic heterocycles. The number of nitrogens with two attached hydrogens (primary N) is 1. The molecule has 3 N–H and O–H groups in total. The highest BCUT2D eigenvalue weighted by Crippen LogP contribution is 2.45. The molecule has 9 heteroatoms. The first kappa shape index (κ1) is 19.4. The van der Waals surface area contributed by atoms with Gasteiger partial charge < -0.3 is 11.1 Å². The highest BCUT2D eigenvalue weighted by Gasteiger charge is 2.48. The molecular formula is C20H19F2N5OS. The number of primary amides is 1. The molecule has 0 saturated heterocycles. The molecule has 0 spiro atoms. The summed E-state index contributed by atoms with van der Waals surface area (Å²) < 4.78 is 27.9. The number of hydrogen-bond donors (Lipinski definition) is 2. The monoisotopic (exact) mass is 415 g/mol. The van der Waals surface area contributed by atoms with Crippen molar-refractivity contribution in [3.8, 4) is 10.6 Å². The molecule has 1 amide bonds. The number of carbonyl (C=O) groups excluding carboxylic acids is 1. The van der Waals surface area contributed by atoms with Crippen molar-refractivity contribution >= 4 is 22.4 Å². The van der Waals surface area contributed by atoms with Crippen LogP contribution < -0.4 is 11.1 Å². The topological polar surface area (TPSA) is 93.8 Å². The highest BCUT2D eigenvalue weighted by molar-refractivity contribution is 7.18. The molecular weight excluding hydrogens is 396 g/mol. The summed E-state index contributed by atoms with van der Waals surface area (Å²) >= 11 is 1.30. The summed E-state index contributed by atoms with van der Waals surface area (Å²) in [5.41, 5.74) is 7.02. The maximum Gasteiger partial charge on any atom is 0.248 e. The van der Waals surface area contributed by atoms with Crippen molar-refractivity contribution in [2.45, 2.75) is 31.4 Å². The van der Waals surface area contributed by atoms with Gasteiger partial charge in [0, 0.05) is 29.3 Å². The van der Waals surface area contributed by atoms with Gasteiger partial charge in [0.1, 0.15) is 17.0 Å². The normalized spacial score (nSPS) is 20.9. The van der Waals surface area contributed by atoms with Crippen molar-refractivity contribution in [2.75, 3.05) is 11.9 Å². The van der Waals surface area contributed by atoms with Gasteiger partial charge in [0.2, 0.25) is 11.0 Å². The molecule has 1 aliphatic carbocycles. The van der Waals surface area contributed by atoms with Crippen LogP contribution in [0.25, 0.3) is 10.6 Å². The van der Waals surface area contributed by atoms with E-state index < -0.39 is 23.3 Å². The number of carbonyl (C=O) groups is 1. The van der Waals surface area contributed by atoms with E-state index in [1.807, 2.05) is 6.92 Å². The van der Waals surface area contributed by atoms with Crippen LogP contribution in [-0.2, 0) is 5.41 Å². The fourth-order valence-electron chi connectivity index (χ4n) is 3.64. The zero-order valence-electron chi connectivity index (χ0n) is 15.7. The van der Waals surface area contributed by atoms with E-state index in [9.17, 15) is 13.6 Å². The molecule has 2 heterocycles. The molecule has 6 nitrogen and oxygen atoms in total. The van der Waals surface area contributed by atoms with Gasteiger partial charge in [-0.25, -0.2) is 8.78 Å². The molecule has 29 heavy (non-hydrogen) atoms. The first-order valence-electron chi connectivity index (χ1n) is 9.11. The average Bonchev–Trinajstić information content (AvgIpc) is 3.14. The predicted octanol–water partition coefficient (Wildman–Crippen LogP) is 3.63. The Morgan fingerprint density at radius 1 is 1.34 bits per heavy atom. The Labute approximate surface area is 170 Å². The highest BCUT2D eigenvalue weighted by atomic mass is 32.1. The van der Waals surface area contributed by atoms with Crippen LogP contribution in [0.2, 0.25) is 0 Å². The molecule has 0 radical (unpaired) electrons. The van der Waals surface area contributed by atoms with E-state index in [2.05, 4.69) is 20.5 Å². The van der Waals surface area contributed by atoms with Gasteiger partial charge in [-0.15, -0.1) is 10.2 Å². The predicted molar refractivity (Wildman–Crippen MR) is 107 cm³/mol. The SMILES string of the molecule is Cc1ccc(C(N)=O)cc1-c1nnc(NC[C@]2(c3ncccc3F)C[C@H](F)C2)s1. The lowest BCUT2D eigenvalue weighted by Crippen LogP contribution is -2.48. The van der Waals surface area contributed by atoms with Gasteiger partial charge in [-0.05, 0) is 49.6 Å². The molecule has 0 atom stereocenters. The standard InChI is InChI=1S/C20H19F2N5OS/c1-11-4-5-12(17(23)28)7-14(11)18-26-27-19(29-18)25-10-20(8-13(21)9-20)16-15(22)3-2-6-24-16/h2-7,13H,8-10H2,1H3,(H2,23,28)(H,25,27)/t13-,20-. The third kappa shape index (κ3) is 3.69. The molecule has 1 saturated carbocycles. The minimum absolute atomic E-state index is 0.208. The molecule has 150 valence electrons. The molecule has 1 aliphatic rings.